The Balaban J connectivity index is 1.60. The van der Waals surface area contributed by atoms with Crippen LogP contribution in [-0.4, -0.2) is 25.7 Å². The Bertz CT molecular complexity index is 456. The Morgan fingerprint density at radius 1 is 1.30 bits per heavy atom. The van der Waals surface area contributed by atoms with Crippen molar-refractivity contribution in [3.8, 4) is 5.75 Å². The van der Waals surface area contributed by atoms with Crippen LogP contribution in [-0.2, 0) is 0 Å². The minimum Gasteiger partial charge on any atom is -0.494 e. The van der Waals surface area contributed by atoms with Crippen LogP contribution in [0.5, 0.6) is 5.75 Å². The summed E-state index contributed by atoms with van der Waals surface area (Å²) in [7, 11) is 0. The molecule has 1 aromatic rings. The predicted octanol–water partition coefficient (Wildman–Crippen LogP) is 3.10. The van der Waals surface area contributed by atoms with Gasteiger partial charge in [0.1, 0.15) is 5.75 Å². The van der Waals surface area contributed by atoms with E-state index in [0.717, 1.165) is 37.8 Å². The van der Waals surface area contributed by atoms with Crippen LogP contribution in [0.25, 0.3) is 0 Å². The molecule has 1 atom stereocenters. The van der Waals surface area contributed by atoms with Crippen molar-refractivity contribution in [1.82, 2.24) is 0 Å². The molecule has 0 radical (unpaired) electrons. The summed E-state index contributed by atoms with van der Waals surface area (Å²) >= 11 is 0. The first-order valence-electron chi connectivity index (χ1n) is 7.96. The lowest BCUT2D eigenvalue weighted by molar-refractivity contribution is 0.302. The first-order valence-corrected chi connectivity index (χ1v) is 7.96. The number of piperidine rings is 1. The smallest absolute Gasteiger partial charge is 0.119 e. The molecule has 1 saturated heterocycles. The topological polar surface area (TPSA) is 38.5 Å². The number of aryl methyl sites for hydroxylation is 1. The lowest BCUT2D eigenvalue weighted by atomic mass is 10.0. The van der Waals surface area contributed by atoms with Crippen molar-refractivity contribution in [2.24, 2.45) is 11.7 Å². The summed E-state index contributed by atoms with van der Waals surface area (Å²) in [6.07, 6.45) is 6.35. The fraction of sp³-hybridized carbons (Fsp3) is 0.647. The van der Waals surface area contributed by atoms with Gasteiger partial charge in [0.05, 0.1) is 6.61 Å². The van der Waals surface area contributed by atoms with E-state index in [2.05, 4.69) is 30.0 Å². The van der Waals surface area contributed by atoms with Crippen LogP contribution in [0, 0.1) is 12.8 Å². The molecule has 20 heavy (non-hydrogen) atoms. The molecular formula is C17H26N2O. The minimum atomic E-state index is 0.317. The number of hydrogen-bond acceptors (Lipinski definition) is 3. The number of rotatable bonds is 5. The van der Waals surface area contributed by atoms with Gasteiger partial charge in [-0.2, -0.15) is 0 Å². The molecule has 3 rings (SSSR count). The van der Waals surface area contributed by atoms with Gasteiger partial charge in [-0.15, -0.1) is 0 Å². The molecule has 3 heteroatoms. The third-order valence-corrected chi connectivity index (χ3v) is 4.46. The van der Waals surface area contributed by atoms with E-state index in [0.29, 0.717) is 6.04 Å². The third kappa shape index (κ3) is 3.45. The van der Waals surface area contributed by atoms with E-state index in [1.165, 1.54) is 36.9 Å². The summed E-state index contributed by atoms with van der Waals surface area (Å²) in [6.45, 7) is 5.13. The zero-order valence-electron chi connectivity index (χ0n) is 12.5. The van der Waals surface area contributed by atoms with Gasteiger partial charge in [0.15, 0.2) is 0 Å². The monoisotopic (exact) mass is 274 g/mol. The molecule has 0 amide bonds. The second-order valence-corrected chi connectivity index (χ2v) is 6.38. The van der Waals surface area contributed by atoms with E-state index >= 15 is 0 Å². The van der Waals surface area contributed by atoms with Crippen LogP contribution in [0.3, 0.4) is 0 Å². The van der Waals surface area contributed by atoms with Gasteiger partial charge in [-0.1, -0.05) is 12.8 Å². The Morgan fingerprint density at radius 2 is 2.15 bits per heavy atom. The van der Waals surface area contributed by atoms with E-state index in [1.54, 1.807) is 0 Å². The average Bonchev–Trinajstić information content (AvgIpc) is 3.23. The summed E-state index contributed by atoms with van der Waals surface area (Å²) in [4.78, 5) is 2.41. The molecule has 2 N–H and O–H groups in total. The number of ether oxygens (including phenoxy) is 1. The lowest BCUT2D eigenvalue weighted by Gasteiger charge is -2.33. The number of anilines is 1. The standard InChI is InChI=1S/C17H26N2O/c1-13-11-16(20-10-8-14-4-5-14)6-7-17(13)19-9-2-3-15(18)12-19/h6-7,11,14-15H,2-5,8-10,12,18H2,1H3. The van der Waals surface area contributed by atoms with E-state index in [4.69, 9.17) is 10.5 Å². The average molecular weight is 274 g/mol. The van der Waals surface area contributed by atoms with Gasteiger partial charge in [0.25, 0.3) is 0 Å². The van der Waals surface area contributed by atoms with Gasteiger partial charge < -0.3 is 15.4 Å². The highest BCUT2D eigenvalue weighted by Gasteiger charge is 2.21. The summed E-state index contributed by atoms with van der Waals surface area (Å²) in [5.41, 5.74) is 8.69. The Morgan fingerprint density at radius 3 is 2.85 bits per heavy atom. The fourth-order valence-electron chi connectivity index (χ4n) is 3.05. The molecular weight excluding hydrogens is 248 g/mol. The minimum absolute atomic E-state index is 0.317. The molecule has 3 nitrogen and oxygen atoms in total. The predicted molar refractivity (Wildman–Crippen MR) is 83.4 cm³/mol. The maximum atomic E-state index is 6.08. The van der Waals surface area contributed by atoms with E-state index in [1.807, 2.05) is 0 Å². The van der Waals surface area contributed by atoms with Gasteiger partial charge in [-0.3, -0.25) is 0 Å². The van der Waals surface area contributed by atoms with E-state index in [9.17, 15) is 0 Å². The van der Waals surface area contributed by atoms with E-state index < -0.39 is 0 Å². The van der Waals surface area contributed by atoms with Crippen LogP contribution in [0.2, 0.25) is 0 Å². The van der Waals surface area contributed by atoms with Crippen molar-refractivity contribution >= 4 is 5.69 Å². The van der Waals surface area contributed by atoms with Crippen molar-refractivity contribution in [2.45, 2.75) is 45.1 Å². The molecule has 1 aliphatic heterocycles. The maximum Gasteiger partial charge on any atom is 0.119 e. The zero-order chi connectivity index (χ0) is 13.9. The first-order chi connectivity index (χ1) is 9.72. The largest absolute Gasteiger partial charge is 0.494 e. The molecule has 2 aliphatic rings. The molecule has 2 fully saturated rings. The summed E-state index contributed by atoms with van der Waals surface area (Å²) < 4.78 is 5.86. The van der Waals surface area contributed by atoms with Crippen molar-refractivity contribution in [1.29, 1.82) is 0 Å². The second kappa shape index (κ2) is 6.04. The quantitative estimate of drug-likeness (QED) is 0.896. The number of benzene rings is 1. The molecule has 1 aromatic carbocycles. The van der Waals surface area contributed by atoms with Crippen molar-refractivity contribution in [2.75, 3.05) is 24.6 Å². The molecule has 0 bridgehead atoms. The van der Waals surface area contributed by atoms with Crippen molar-refractivity contribution < 1.29 is 4.74 Å². The second-order valence-electron chi connectivity index (χ2n) is 6.38. The Hall–Kier alpha value is -1.22. The number of nitrogens with two attached hydrogens (primary N) is 1. The van der Waals surface area contributed by atoms with Crippen LogP contribution in [0.1, 0.15) is 37.7 Å². The van der Waals surface area contributed by atoms with Crippen LogP contribution >= 0.6 is 0 Å². The highest BCUT2D eigenvalue weighted by Crippen LogP contribution is 2.32. The van der Waals surface area contributed by atoms with Crippen LogP contribution in [0.15, 0.2) is 18.2 Å². The summed E-state index contributed by atoms with van der Waals surface area (Å²) in [5.74, 6) is 1.94. The Kier molecular flexibility index (Phi) is 4.16. The number of nitrogens with zero attached hydrogens (tertiary/aromatic N) is 1. The van der Waals surface area contributed by atoms with Crippen molar-refractivity contribution in [3.05, 3.63) is 23.8 Å². The van der Waals surface area contributed by atoms with Crippen molar-refractivity contribution in [3.63, 3.8) is 0 Å². The SMILES string of the molecule is Cc1cc(OCCC2CC2)ccc1N1CCCC(N)C1. The summed E-state index contributed by atoms with van der Waals surface area (Å²) in [6, 6.07) is 6.79. The van der Waals surface area contributed by atoms with Crippen LogP contribution < -0.4 is 15.4 Å². The lowest BCUT2D eigenvalue weighted by Crippen LogP contribution is -2.43. The maximum absolute atomic E-state index is 6.08. The molecule has 1 heterocycles. The number of hydrogen-bond donors (Lipinski definition) is 1. The molecule has 110 valence electrons. The van der Waals surface area contributed by atoms with Crippen LogP contribution in [0.4, 0.5) is 5.69 Å². The molecule has 0 spiro atoms. The molecule has 1 unspecified atom stereocenters. The van der Waals surface area contributed by atoms with Gasteiger partial charge in [-0.25, -0.2) is 0 Å². The fourth-order valence-corrected chi connectivity index (χ4v) is 3.05. The zero-order valence-corrected chi connectivity index (χ0v) is 12.5. The first kappa shape index (κ1) is 13.7. The third-order valence-electron chi connectivity index (χ3n) is 4.46. The molecule has 0 aromatic heterocycles. The molecule has 1 aliphatic carbocycles. The van der Waals surface area contributed by atoms with Gasteiger partial charge in [0.2, 0.25) is 0 Å². The highest BCUT2D eigenvalue weighted by molar-refractivity contribution is 5.56. The van der Waals surface area contributed by atoms with Gasteiger partial charge >= 0.3 is 0 Å². The van der Waals surface area contributed by atoms with E-state index in [-0.39, 0.29) is 0 Å². The Labute approximate surface area is 122 Å². The van der Waals surface area contributed by atoms with Gasteiger partial charge in [0, 0.05) is 24.8 Å². The highest BCUT2D eigenvalue weighted by atomic mass is 16.5. The molecule has 1 saturated carbocycles. The summed E-state index contributed by atoms with van der Waals surface area (Å²) in [5, 5.41) is 0. The van der Waals surface area contributed by atoms with Gasteiger partial charge in [-0.05, 0) is 55.9 Å². The normalized spacial score (nSPS) is 22.9.